The number of phosphoric acid groups is 1. The number of aliphatic hydroxyl groups excluding tert-OH is 4. The summed E-state index contributed by atoms with van der Waals surface area (Å²) in [6, 6.07) is 0. The van der Waals surface area contributed by atoms with Crippen molar-refractivity contribution < 1.29 is 44.0 Å². The molecule has 1 fully saturated rings. The highest BCUT2D eigenvalue weighted by molar-refractivity contribution is 7.46. The average molecular weight is 260 g/mol. The second kappa shape index (κ2) is 5.05. The molecule has 1 aliphatic heterocycles. The van der Waals surface area contributed by atoms with Crippen molar-refractivity contribution >= 4 is 7.82 Å². The van der Waals surface area contributed by atoms with Gasteiger partial charge in [-0.25, -0.2) is 4.57 Å². The van der Waals surface area contributed by atoms with Gasteiger partial charge in [-0.05, 0) is 0 Å². The Hall–Kier alpha value is -0.0900. The molecule has 0 saturated carbocycles. The van der Waals surface area contributed by atoms with E-state index in [1.165, 1.54) is 0 Å². The van der Waals surface area contributed by atoms with Crippen molar-refractivity contribution in [3.8, 4) is 0 Å². The summed E-state index contributed by atoms with van der Waals surface area (Å²) in [6.45, 7) is -0.702. The van der Waals surface area contributed by atoms with Gasteiger partial charge in [-0.2, -0.15) is 0 Å². The highest BCUT2D eigenvalue weighted by atomic mass is 31.2. The van der Waals surface area contributed by atoms with Crippen LogP contribution in [0, 0.1) is 0 Å². The van der Waals surface area contributed by atoms with E-state index in [-0.39, 0.29) is 0 Å². The second-order valence-electron chi connectivity index (χ2n) is 3.29. The number of hydrogen-bond acceptors (Lipinski definition) is 7. The maximum atomic E-state index is 10.5. The predicted molar refractivity (Wildman–Crippen MR) is 46.9 cm³/mol. The molecule has 96 valence electrons. The van der Waals surface area contributed by atoms with Crippen LogP contribution in [0.1, 0.15) is 0 Å². The molecule has 16 heavy (non-hydrogen) atoms. The van der Waals surface area contributed by atoms with Crippen LogP contribution < -0.4 is 0 Å². The Morgan fingerprint density at radius 3 is 2.12 bits per heavy atom. The Kier molecular flexibility index (Phi) is 4.41. The molecule has 5 atom stereocenters. The molecule has 0 aromatic rings. The van der Waals surface area contributed by atoms with Crippen LogP contribution in [-0.4, -0.2) is 67.5 Å². The minimum absolute atomic E-state index is 0.702. The van der Waals surface area contributed by atoms with E-state index in [1.54, 1.807) is 0 Å². The Labute approximate surface area is 90.1 Å². The predicted octanol–water partition coefficient (Wildman–Crippen LogP) is -3.10. The summed E-state index contributed by atoms with van der Waals surface area (Å²) in [6.07, 6.45) is -8.25. The van der Waals surface area contributed by atoms with Crippen LogP contribution in [0.25, 0.3) is 0 Å². The molecule has 0 amide bonds. The summed E-state index contributed by atoms with van der Waals surface area (Å²) in [7, 11) is -4.91. The zero-order valence-corrected chi connectivity index (χ0v) is 8.84. The van der Waals surface area contributed by atoms with Crippen molar-refractivity contribution in [1.29, 1.82) is 0 Å². The van der Waals surface area contributed by atoms with Crippen LogP contribution in [0.2, 0.25) is 0 Å². The monoisotopic (exact) mass is 260 g/mol. The second-order valence-corrected chi connectivity index (χ2v) is 4.49. The van der Waals surface area contributed by atoms with Gasteiger partial charge in [0.2, 0.25) is 0 Å². The number of ether oxygens (including phenoxy) is 1. The molecule has 1 heterocycles. The quantitative estimate of drug-likeness (QED) is 0.289. The maximum Gasteiger partial charge on any atom is 0.472 e. The minimum Gasteiger partial charge on any atom is -0.394 e. The van der Waals surface area contributed by atoms with Gasteiger partial charge in [0.05, 0.1) is 6.61 Å². The molecule has 3 unspecified atom stereocenters. The molecule has 1 saturated heterocycles. The first-order chi connectivity index (χ1) is 7.26. The van der Waals surface area contributed by atoms with Crippen LogP contribution in [0.4, 0.5) is 0 Å². The van der Waals surface area contributed by atoms with E-state index in [2.05, 4.69) is 9.26 Å². The fourth-order valence-corrected chi connectivity index (χ4v) is 1.73. The molecule has 0 bridgehead atoms. The van der Waals surface area contributed by atoms with Gasteiger partial charge in [0.25, 0.3) is 0 Å². The number of rotatable bonds is 3. The van der Waals surface area contributed by atoms with Crippen LogP contribution >= 0.6 is 7.82 Å². The third-order valence-electron chi connectivity index (χ3n) is 2.09. The first-order valence-electron chi connectivity index (χ1n) is 4.30. The third-order valence-corrected chi connectivity index (χ3v) is 2.57. The molecule has 0 aliphatic carbocycles. The van der Waals surface area contributed by atoms with Gasteiger partial charge in [-0.3, -0.25) is 4.52 Å². The lowest BCUT2D eigenvalue weighted by Gasteiger charge is -2.39. The molecular weight excluding hydrogens is 247 g/mol. The van der Waals surface area contributed by atoms with E-state index < -0.39 is 45.1 Å². The molecule has 0 spiro atoms. The molecule has 0 aromatic carbocycles. The zero-order chi connectivity index (χ0) is 12.5. The number of hydrogen-bond donors (Lipinski definition) is 6. The molecule has 6 N–H and O–H groups in total. The van der Waals surface area contributed by atoms with Gasteiger partial charge in [-0.15, -0.1) is 0 Å². The fraction of sp³-hybridized carbons (Fsp3) is 1.00. The molecule has 10 heteroatoms. The van der Waals surface area contributed by atoms with Crippen LogP contribution in [0.3, 0.4) is 0 Å². The normalized spacial score (nSPS) is 41.0. The Morgan fingerprint density at radius 1 is 1.12 bits per heavy atom. The van der Waals surface area contributed by atoms with Crippen molar-refractivity contribution in [2.24, 2.45) is 0 Å². The summed E-state index contributed by atoms with van der Waals surface area (Å²) >= 11 is 0. The molecule has 0 radical (unpaired) electrons. The first kappa shape index (κ1) is 14.0. The molecule has 0 aromatic heterocycles. The summed E-state index contributed by atoms with van der Waals surface area (Å²) in [5.74, 6) is 0. The number of aliphatic hydroxyl groups is 4. The molecule has 9 nitrogen and oxygen atoms in total. The summed E-state index contributed by atoms with van der Waals surface area (Å²) in [4.78, 5) is 17.0. The van der Waals surface area contributed by atoms with Crippen LogP contribution in [-0.2, 0) is 13.8 Å². The first-order valence-corrected chi connectivity index (χ1v) is 5.83. The van der Waals surface area contributed by atoms with Crippen molar-refractivity contribution in [3.63, 3.8) is 0 Å². The highest BCUT2D eigenvalue weighted by Gasteiger charge is 2.46. The molecular formula is C6H13O9P. The van der Waals surface area contributed by atoms with Crippen molar-refractivity contribution in [1.82, 2.24) is 0 Å². The smallest absolute Gasteiger partial charge is 0.394 e. The van der Waals surface area contributed by atoms with E-state index in [4.69, 9.17) is 14.9 Å². The average Bonchev–Trinajstić information content (AvgIpc) is 2.17. The van der Waals surface area contributed by atoms with Crippen molar-refractivity contribution in [3.05, 3.63) is 0 Å². The van der Waals surface area contributed by atoms with E-state index in [1.807, 2.05) is 0 Å². The lowest BCUT2D eigenvalue weighted by molar-refractivity contribution is -0.280. The van der Waals surface area contributed by atoms with Crippen LogP contribution in [0.5, 0.6) is 0 Å². The Morgan fingerprint density at radius 2 is 1.69 bits per heavy atom. The van der Waals surface area contributed by atoms with Gasteiger partial charge in [0, 0.05) is 0 Å². The SMILES string of the molecule is O=P(O)(O)OC1OC(CO)[C@H](O)[C@H](O)C1O. The Balaban J connectivity index is 2.75. The Bertz CT molecular complexity index is 275. The largest absolute Gasteiger partial charge is 0.472 e. The zero-order valence-electron chi connectivity index (χ0n) is 7.95. The third kappa shape index (κ3) is 3.20. The standard InChI is InChI=1S/C6H13O9P/c7-1-2-3(8)4(9)5(10)6(14-2)15-16(11,12)13/h2-10H,1H2,(H2,11,12,13)/t2?,3-,4-,5?,6?/m0/s1. The van der Waals surface area contributed by atoms with Crippen LogP contribution in [0.15, 0.2) is 0 Å². The topological polar surface area (TPSA) is 157 Å². The van der Waals surface area contributed by atoms with E-state index in [9.17, 15) is 19.9 Å². The lowest BCUT2D eigenvalue weighted by Crippen LogP contribution is -2.58. The van der Waals surface area contributed by atoms with Crippen molar-refractivity contribution in [2.45, 2.75) is 30.7 Å². The summed E-state index contributed by atoms with van der Waals surface area (Å²) in [5, 5.41) is 36.6. The van der Waals surface area contributed by atoms with E-state index >= 15 is 0 Å². The molecule has 1 aliphatic rings. The summed E-state index contributed by atoms with van der Waals surface area (Å²) < 4.78 is 19.2. The maximum absolute atomic E-state index is 10.5. The van der Waals surface area contributed by atoms with E-state index in [0.717, 1.165) is 0 Å². The van der Waals surface area contributed by atoms with Gasteiger partial charge < -0.3 is 34.9 Å². The van der Waals surface area contributed by atoms with Crippen molar-refractivity contribution in [2.75, 3.05) is 6.61 Å². The van der Waals surface area contributed by atoms with Gasteiger partial charge in [-0.1, -0.05) is 0 Å². The summed E-state index contributed by atoms with van der Waals surface area (Å²) in [5.41, 5.74) is 0. The van der Waals surface area contributed by atoms with Gasteiger partial charge in [0.15, 0.2) is 6.29 Å². The fourth-order valence-electron chi connectivity index (χ4n) is 1.29. The molecule has 1 rings (SSSR count). The van der Waals surface area contributed by atoms with E-state index in [0.29, 0.717) is 0 Å². The lowest BCUT2D eigenvalue weighted by atomic mass is 10.00. The number of phosphoric ester groups is 1. The van der Waals surface area contributed by atoms with Gasteiger partial charge >= 0.3 is 7.82 Å². The van der Waals surface area contributed by atoms with Gasteiger partial charge in [0.1, 0.15) is 24.4 Å². The highest BCUT2D eigenvalue weighted by Crippen LogP contribution is 2.40. The minimum atomic E-state index is -4.91.